The molecule has 0 aromatic carbocycles. The number of hydrogen-bond acceptors (Lipinski definition) is 2. The van der Waals surface area contributed by atoms with Crippen LogP contribution in [-0.2, 0) is 0 Å². The fourth-order valence-corrected chi connectivity index (χ4v) is 4.38. The molecule has 0 aromatic heterocycles. The Labute approximate surface area is 185 Å². The van der Waals surface area contributed by atoms with E-state index in [0.717, 1.165) is 0 Å². The Morgan fingerprint density at radius 2 is 0.828 bits per heavy atom. The van der Waals surface area contributed by atoms with Gasteiger partial charge in [0, 0.05) is 0 Å². The Morgan fingerprint density at radius 3 is 1.24 bits per heavy atom. The molecule has 0 aliphatic rings. The summed E-state index contributed by atoms with van der Waals surface area (Å²) in [6.45, 7) is 9.27. The summed E-state index contributed by atoms with van der Waals surface area (Å²) < 4.78 is 0. The summed E-state index contributed by atoms with van der Waals surface area (Å²) in [7, 11) is 0. The van der Waals surface area contributed by atoms with E-state index in [1.54, 1.807) is 0 Å². The van der Waals surface area contributed by atoms with Gasteiger partial charge in [-0.05, 0) is 32.4 Å². The quantitative estimate of drug-likeness (QED) is 0.127. The van der Waals surface area contributed by atoms with Crippen LogP contribution >= 0.6 is 0 Å². The van der Waals surface area contributed by atoms with Crippen molar-refractivity contribution in [3.63, 3.8) is 0 Å². The summed E-state index contributed by atoms with van der Waals surface area (Å²) in [5.74, 6) is 0. The highest BCUT2D eigenvalue weighted by Crippen LogP contribution is 2.14. The van der Waals surface area contributed by atoms with Gasteiger partial charge in [-0.2, -0.15) is 0 Å². The van der Waals surface area contributed by atoms with Gasteiger partial charge in [-0.1, -0.05) is 136 Å². The van der Waals surface area contributed by atoms with Gasteiger partial charge < -0.3 is 5.73 Å². The molecule has 2 heteroatoms. The van der Waals surface area contributed by atoms with Crippen LogP contribution in [0.2, 0.25) is 0 Å². The largest absolute Gasteiger partial charge is 0.316 e. The fraction of sp³-hybridized carbons (Fsp3) is 1.00. The van der Waals surface area contributed by atoms with Crippen molar-refractivity contribution in [1.29, 1.82) is 0 Å². The van der Waals surface area contributed by atoms with Gasteiger partial charge in [0.25, 0.3) is 0 Å². The van der Waals surface area contributed by atoms with Crippen LogP contribution in [0.3, 0.4) is 0 Å². The zero-order valence-electron chi connectivity index (χ0n) is 20.9. The van der Waals surface area contributed by atoms with Gasteiger partial charge in [0.1, 0.15) is 0 Å². The predicted molar refractivity (Wildman–Crippen MR) is 134 cm³/mol. The second-order valence-electron chi connectivity index (χ2n) is 9.40. The lowest BCUT2D eigenvalue weighted by Crippen LogP contribution is -2.43. The molecule has 0 fully saturated rings. The van der Waals surface area contributed by atoms with Crippen molar-refractivity contribution < 1.29 is 0 Å². The first-order valence-electron chi connectivity index (χ1n) is 13.8. The molecule has 0 amide bonds. The summed E-state index contributed by atoms with van der Waals surface area (Å²) in [6, 6.07) is 0. The normalized spacial score (nSPS) is 12.7. The Morgan fingerprint density at radius 1 is 0.448 bits per heavy atom. The van der Waals surface area contributed by atoms with E-state index < -0.39 is 0 Å². The van der Waals surface area contributed by atoms with Crippen LogP contribution in [-0.4, -0.2) is 24.2 Å². The fourth-order valence-electron chi connectivity index (χ4n) is 4.38. The standard InChI is InChI=1S/C27H58N2/c1-4-7-9-11-13-15-17-19-21-23-26-29(25-6-3)27(28)24-22-20-18-16-14-12-10-8-5-2/h27H,4-26,28H2,1-3H3. The summed E-state index contributed by atoms with van der Waals surface area (Å²) >= 11 is 0. The first-order valence-corrected chi connectivity index (χ1v) is 13.8. The third-order valence-electron chi connectivity index (χ3n) is 6.38. The van der Waals surface area contributed by atoms with Crippen molar-refractivity contribution >= 4 is 0 Å². The maximum Gasteiger partial charge on any atom is 0.0571 e. The lowest BCUT2D eigenvalue weighted by molar-refractivity contribution is 0.183. The van der Waals surface area contributed by atoms with Gasteiger partial charge in [-0.3, -0.25) is 4.90 Å². The minimum Gasteiger partial charge on any atom is -0.316 e. The average molecular weight is 411 g/mol. The minimum absolute atomic E-state index is 0.290. The van der Waals surface area contributed by atoms with E-state index in [9.17, 15) is 0 Å². The van der Waals surface area contributed by atoms with Gasteiger partial charge >= 0.3 is 0 Å². The van der Waals surface area contributed by atoms with Crippen molar-refractivity contribution in [2.24, 2.45) is 5.73 Å². The van der Waals surface area contributed by atoms with Crippen molar-refractivity contribution in [2.45, 2.75) is 162 Å². The van der Waals surface area contributed by atoms with E-state index in [0.29, 0.717) is 0 Å². The Balaban J connectivity index is 3.60. The highest BCUT2D eigenvalue weighted by atomic mass is 15.2. The molecule has 0 spiro atoms. The van der Waals surface area contributed by atoms with Crippen molar-refractivity contribution in [3.05, 3.63) is 0 Å². The molecular weight excluding hydrogens is 352 g/mol. The molecule has 0 saturated carbocycles. The zero-order chi connectivity index (χ0) is 21.4. The molecule has 1 atom stereocenters. The van der Waals surface area contributed by atoms with Crippen LogP contribution in [0.25, 0.3) is 0 Å². The number of unbranched alkanes of at least 4 members (excludes halogenated alkanes) is 17. The minimum atomic E-state index is 0.290. The molecule has 2 N–H and O–H groups in total. The highest BCUT2D eigenvalue weighted by Gasteiger charge is 2.12. The smallest absolute Gasteiger partial charge is 0.0571 e. The first kappa shape index (κ1) is 28.9. The van der Waals surface area contributed by atoms with Gasteiger partial charge in [-0.25, -0.2) is 0 Å². The van der Waals surface area contributed by atoms with Gasteiger partial charge in [0.05, 0.1) is 6.17 Å². The molecule has 0 rings (SSSR count). The molecule has 0 aliphatic heterocycles. The van der Waals surface area contributed by atoms with Crippen LogP contribution in [0.5, 0.6) is 0 Å². The van der Waals surface area contributed by atoms with Crippen LogP contribution in [0.4, 0.5) is 0 Å². The second-order valence-corrected chi connectivity index (χ2v) is 9.40. The maximum atomic E-state index is 6.55. The van der Waals surface area contributed by atoms with Gasteiger partial charge in [0.15, 0.2) is 0 Å². The number of nitrogens with two attached hydrogens (primary N) is 1. The maximum absolute atomic E-state index is 6.55. The van der Waals surface area contributed by atoms with Crippen LogP contribution < -0.4 is 5.73 Å². The summed E-state index contributed by atoms with van der Waals surface area (Å²) in [6.07, 6.45) is 29.5. The summed E-state index contributed by atoms with van der Waals surface area (Å²) in [5.41, 5.74) is 6.55. The van der Waals surface area contributed by atoms with E-state index in [1.807, 2.05) is 0 Å². The SMILES string of the molecule is CCCCCCCCCCCCN(CCC)C(N)CCCCCCCCCCC. The number of nitrogens with zero attached hydrogens (tertiary/aromatic N) is 1. The summed E-state index contributed by atoms with van der Waals surface area (Å²) in [4.78, 5) is 2.56. The van der Waals surface area contributed by atoms with Crippen LogP contribution in [0.1, 0.15) is 156 Å². The highest BCUT2D eigenvalue weighted by molar-refractivity contribution is 4.66. The van der Waals surface area contributed by atoms with E-state index in [-0.39, 0.29) is 6.17 Å². The van der Waals surface area contributed by atoms with Gasteiger partial charge in [-0.15, -0.1) is 0 Å². The molecular formula is C27H58N2. The average Bonchev–Trinajstić information content (AvgIpc) is 2.73. The Bertz CT molecular complexity index is 292. The van der Waals surface area contributed by atoms with Crippen molar-refractivity contribution in [1.82, 2.24) is 4.90 Å². The zero-order valence-corrected chi connectivity index (χ0v) is 20.9. The molecule has 0 heterocycles. The Hall–Kier alpha value is -0.0800. The molecule has 176 valence electrons. The second kappa shape index (κ2) is 24.2. The molecule has 2 nitrogen and oxygen atoms in total. The lowest BCUT2D eigenvalue weighted by Gasteiger charge is -2.28. The van der Waals surface area contributed by atoms with E-state index in [1.165, 1.54) is 148 Å². The number of hydrogen-bond donors (Lipinski definition) is 1. The van der Waals surface area contributed by atoms with Crippen LogP contribution in [0, 0.1) is 0 Å². The van der Waals surface area contributed by atoms with Crippen molar-refractivity contribution in [2.75, 3.05) is 13.1 Å². The van der Waals surface area contributed by atoms with E-state index >= 15 is 0 Å². The van der Waals surface area contributed by atoms with Crippen LogP contribution in [0.15, 0.2) is 0 Å². The van der Waals surface area contributed by atoms with Crippen molar-refractivity contribution in [3.8, 4) is 0 Å². The molecule has 0 saturated heterocycles. The molecule has 0 radical (unpaired) electrons. The topological polar surface area (TPSA) is 29.3 Å². The third kappa shape index (κ3) is 21.0. The molecule has 0 aliphatic carbocycles. The van der Waals surface area contributed by atoms with E-state index in [4.69, 9.17) is 5.73 Å². The molecule has 0 bridgehead atoms. The predicted octanol–water partition coefficient (Wildman–Crippen LogP) is 8.83. The number of rotatable bonds is 24. The van der Waals surface area contributed by atoms with Gasteiger partial charge in [0.2, 0.25) is 0 Å². The Kier molecular flexibility index (Phi) is 24.1. The van der Waals surface area contributed by atoms with E-state index in [2.05, 4.69) is 25.7 Å². The summed E-state index contributed by atoms with van der Waals surface area (Å²) in [5, 5.41) is 0. The third-order valence-corrected chi connectivity index (χ3v) is 6.38. The molecule has 29 heavy (non-hydrogen) atoms. The molecule has 1 unspecified atom stereocenters. The first-order chi connectivity index (χ1) is 14.3. The monoisotopic (exact) mass is 410 g/mol. The lowest BCUT2D eigenvalue weighted by atomic mass is 10.1. The molecule has 0 aromatic rings.